The molecule has 0 fully saturated rings. The Kier molecular flexibility index (Phi) is 7.79. The lowest BCUT2D eigenvalue weighted by Crippen LogP contribution is -2.28. The molecule has 0 radical (unpaired) electrons. The Morgan fingerprint density at radius 2 is 1.46 bits per heavy atom. The zero-order valence-electron chi connectivity index (χ0n) is 24.4. The standard InChI is InChI=1S/C17H23N5O.C14H16N4/c1-4-19-9-13-21-14-15(22(13)10-17(2,3)23)11-7-5-6-8-12(11)20-16(14)18;1-9(2)7-18-8-16-12-13(18)10-5-3-4-6-11(10)17-14(12)15/h5-8,19,23H,4,9-10H2,1-3H3,(H2,18,20);3-6,8-9H,7H2,1-2H3,(H2,15,17). The summed E-state index contributed by atoms with van der Waals surface area (Å²) in [5, 5.41) is 15.7. The number of anilines is 2. The number of nitrogens with zero attached hydrogens (tertiary/aromatic N) is 6. The monoisotopic (exact) mass is 553 g/mol. The molecule has 0 bridgehead atoms. The van der Waals surface area contributed by atoms with Gasteiger partial charge in [0.2, 0.25) is 0 Å². The molecule has 10 heteroatoms. The molecule has 0 spiro atoms. The largest absolute Gasteiger partial charge is 0.389 e. The average molecular weight is 554 g/mol. The highest BCUT2D eigenvalue weighted by atomic mass is 16.3. The van der Waals surface area contributed by atoms with E-state index in [2.05, 4.69) is 54.3 Å². The summed E-state index contributed by atoms with van der Waals surface area (Å²) < 4.78 is 4.22. The number of aliphatic hydroxyl groups is 1. The van der Waals surface area contributed by atoms with E-state index in [4.69, 9.17) is 11.5 Å². The first-order valence-corrected chi connectivity index (χ1v) is 14.0. The lowest BCUT2D eigenvalue weighted by molar-refractivity contribution is 0.0618. The van der Waals surface area contributed by atoms with E-state index in [1.807, 2.05) is 55.7 Å². The third kappa shape index (κ3) is 5.79. The maximum absolute atomic E-state index is 10.3. The molecule has 4 aromatic heterocycles. The number of fused-ring (bicyclic) bond motifs is 6. The summed E-state index contributed by atoms with van der Waals surface area (Å²) in [6, 6.07) is 15.9. The Bertz CT molecular complexity index is 1830. The third-order valence-electron chi connectivity index (χ3n) is 6.81. The van der Waals surface area contributed by atoms with Crippen LogP contribution in [-0.4, -0.2) is 46.3 Å². The molecule has 0 saturated heterocycles. The molecule has 0 aliphatic rings. The van der Waals surface area contributed by atoms with Gasteiger partial charge in [-0.05, 0) is 38.4 Å². The summed E-state index contributed by atoms with van der Waals surface area (Å²) in [6.07, 6.45) is 1.86. The van der Waals surface area contributed by atoms with Gasteiger partial charge in [-0.2, -0.15) is 0 Å². The normalized spacial score (nSPS) is 12.1. The van der Waals surface area contributed by atoms with E-state index in [1.165, 1.54) is 0 Å². The Balaban J connectivity index is 0.000000169. The van der Waals surface area contributed by atoms with Gasteiger partial charge in [0.1, 0.15) is 16.9 Å². The number of nitrogens with one attached hydrogen (secondary N) is 1. The quantitative estimate of drug-likeness (QED) is 0.219. The third-order valence-corrected chi connectivity index (χ3v) is 6.81. The number of aromatic nitrogens is 6. The van der Waals surface area contributed by atoms with Gasteiger partial charge in [0.15, 0.2) is 11.6 Å². The minimum Gasteiger partial charge on any atom is -0.389 e. The summed E-state index contributed by atoms with van der Waals surface area (Å²) in [6.45, 7) is 12.9. The number of imidazole rings is 2. The van der Waals surface area contributed by atoms with E-state index in [0.29, 0.717) is 36.2 Å². The second kappa shape index (κ2) is 11.3. The Hall–Kier alpha value is -4.28. The van der Waals surface area contributed by atoms with Gasteiger partial charge in [-0.25, -0.2) is 19.9 Å². The molecule has 4 heterocycles. The molecule has 0 aliphatic heterocycles. The van der Waals surface area contributed by atoms with Gasteiger partial charge < -0.3 is 31.0 Å². The van der Waals surface area contributed by atoms with E-state index in [9.17, 15) is 5.11 Å². The first kappa shape index (κ1) is 28.3. The molecular weight excluding hydrogens is 514 g/mol. The first-order valence-electron chi connectivity index (χ1n) is 14.0. The van der Waals surface area contributed by atoms with Crippen molar-refractivity contribution in [3.8, 4) is 0 Å². The van der Waals surface area contributed by atoms with Crippen LogP contribution in [0.1, 0.15) is 40.4 Å². The number of nitrogens with two attached hydrogens (primary N) is 2. The molecular formula is C31H39N9O. The summed E-state index contributed by atoms with van der Waals surface area (Å²) >= 11 is 0. The topological polar surface area (TPSA) is 146 Å². The Labute approximate surface area is 239 Å². The zero-order valence-corrected chi connectivity index (χ0v) is 24.4. The summed E-state index contributed by atoms with van der Waals surface area (Å²) in [5.74, 6) is 2.35. The van der Waals surface area contributed by atoms with Crippen LogP contribution < -0.4 is 16.8 Å². The van der Waals surface area contributed by atoms with Crippen molar-refractivity contribution in [3.05, 3.63) is 60.7 Å². The highest BCUT2D eigenvalue weighted by molar-refractivity contribution is 6.07. The van der Waals surface area contributed by atoms with Crippen LogP contribution in [0.2, 0.25) is 0 Å². The molecule has 10 nitrogen and oxygen atoms in total. The molecule has 2 aromatic carbocycles. The van der Waals surface area contributed by atoms with Gasteiger partial charge in [0, 0.05) is 17.3 Å². The van der Waals surface area contributed by atoms with Crippen LogP contribution in [-0.2, 0) is 19.6 Å². The Morgan fingerprint density at radius 1 is 0.878 bits per heavy atom. The van der Waals surface area contributed by atoms with Crippen molar-refractivity contribution < 1.29 is 5.11 Å². The lowest BCUT2D eigenvalue weighted by Gasteiger charge is -2.20. The van der Waals surface area contributed by atoms with Crippen LogP contribution in [0.3, 0.4) is 0 Å². The number of para-hydroxylation sites is 2. The molecule has 0 atom stereocenters. The number of pyridine rings is 2. The summed E-state index contributed by atoms with van der Waals surface area (Å²) in [7, 11) is 0. The predicted molar refractivity (Wildman–Crippen MR) is 167 cm³/mol. The second-order valence-electron chi connectivity index (χ2n) is 11.4. The SMILES string of the molecule is CC(C)Cn1cnc2c(N)nc3ccccc3c21.CCNCc1nc2c(N)nc3ccccc3c2n1CC(C)(C)O. The van der Waals surface area contributed by atoms with Gasteiger partial charge in [-0.3, -0.25) is 0 Å². The summed E-state index contributed by atoms with van der Waals surface area (Å²) in [4.78, 5) is 17.9. The van der Waals surface area contributed by atoms with Crippen LogP contribution in [0.4, 0.5) is 11.6 Å². The van der Waals surface area contributed by atoms with E-state index in [1.54, 1.807) is 13.8 Å². The van der Waals surface area contributed by atoms with E-state index >= 15 is 0 Å². The lowest BCUT2D eigenvalue weighted by atomic mass is 10.1. The first-order chi connectivity index (χ1) is 19.6. The Morgan fingerprint density at radius 3 is 2.05 bits per heavy atom. The van der Waals surface area contributed by atoms with Crippen LogP contribution in [0.25, 0.3) is 43.9 Å². The fourth-order valence-electron chi connectivity index (χ4n) is 5.17. The van der Waals surface area contributed by atoms with Crippen LogP contribution >= 0.6 is 0 Å². The molecule has 6 rings (SSSR count). The zero-order chi connectivity index (χ0) is 29.3. The van der Waals surface area contributed by atoms with Crippen molar-refractivity contribution in [1.82, 2.24) is 34.4 Å². The van der Waals surface area contributed by atoms with Crippen molar-refractivity contribution in [2.45, 2.75) is 59.9 Å². The van der Waals surface area contributed by atoms with E-state index in [-0.39, 0.29) is 0 Å². The number of benzene rings is 2. The van der Waals surface area contributed by atoms with Crippen molar-refractivity contribution in [1.29, 1.82) is 0 Å². The fourth-order valence-corrected chi connectivity index (χ4v) is 5.17. The number of nitrogen functional groups attached to an aromatic ring is 2. The van der Waals surface area contributed by atoms with Crippen molar-refractivity contribution >= 4 is 55.5 Å². The molecule has 0 aliphatic carbocycles. The highest BCUT2D eigenvalue weighted by Gasteiger charge is 2.22. The second-order valence-corrected chi connectivity index (χ2v) is 11.4. The minimum atomic E-state index is -0.853. The van der Waals surface area contributed by atoms with E-state index < -0.39 is 5.60 Å². The fraction of sp³-hybridized carbons (Fsp3) is 0.355. The van der Waals surface area contributed by atoms with Gasteiger partial charge in [-0.1, -0.05) is 57.2 Å². The molecule has 6 N–H and O–H groups in total. The molecule has 41 heavy (non-hydrogen) atoms. The molecule has 0 unspecified atom stereocenters. The number of rotatable bonds is 7. The smallest absolute Gasteiger partial charge is 0.152 e. The number of hydrogen-bond acceptors (Lipinski definition) is 8. The molecule has 6 aromatic rings. The average Bonchev–Trinajstić information content (AvgIpc) is 3.49. The minimum absolute atomic E-state index is 0.422. The maximum atomic E-state index is 10.3. The van der Waals surface area contributed by atoms with Crippen LogP contribution in [0.15, 0.2) is 54.9 Å². The van der Waals surface area contributed by atoms with Gasteiger partial charge in [0.25, 0.3) is 0 Å². The van der Waals surface area contributed by atoms with Crippen molar-refractivity contribution in [2.75, 3.05) is 18.0 Å². The van der Waals surface area contributed by atoms with Crippen molar-refractivity contribution in [2.24, 2.45) is 5.92 Å². The highest BCUT2D eigenvalue weighted by Crippen LogP contribution is 2.30. The number of hydrogen-bond donors (Lipinski definition) is 4. The van der Waals surface area contributed by atoms with E-state index in [0.717, 1.165) is 57.3 Å². The predicted octanol–water partition coefficient (Wildman–Crippen LogP) is 4.87. The summed E-state index contributed by atoms with van der Waals surface area (Å²) in [5.41, 5.74) is 16.5. The van der Waals surface area contributed by atoms with Gasteiger partial charge >= 0.3 is 0 Å². The van der Waals surface area contributed by atoms with Crippen LogP contribution in [0, 0.1) is 5.92 Å². The molecule has 0 amide bonds. The molecule has 0 saturated carbocycles. The molecule has 214 valence electrons. The van der Waals surface area contributed by atoms with Crippen LogP contribution in [0.5, 0.6) is 0 Å². The van der Waals surface area contributed by atoms with Crippen molar-refractivity contribution in [3.63, 3.8) is 0 Å². The van der Waals surface area contributed by atoms with Gasteiger partial charge in [-0.15, -0.1) is 0 Å². The van der Waals surface area contributed by atoms with Gasteiger partial charge in [0.05, 0.1) is 47.1 Å². The maximum Gasteiger partial charge on any atom is 0.152 e.